The van der Waals surface area contributed by atoms with Crippen LogP contribution in [-0.2, 0) is 0 Å². The van der Waals surface area contributed by atoms with Crippen molar-refractivity contribution in [2.24, 2.45) is 0 Å². The van der Waals surface area contributed by atoms with Crippen molar-refractivity contribution in [3.8, 4) is 16.9 Å². The Morgan fingerprint density at radius 3 is 2.29 bits per heavy atom. The van der Waals surface area contributed by atoms with Crippen molar-refractivity contribution >= 4 is 0 Å². The molecule has 72 valence electrons. The number of aryl methyl sites for hydroxylation is 1. The van der Waals surface area contributed by atoms with Crippen LogP contribution in [0, 0.1) is 6.92 Å². The van der Waals surface area contributed by atoms with Gasteiger partial charge >= 0.3 is 0 Å². The fourth-order valence-corrected chi connectivity index (χ4v) is 1.38. The maximum atomic E-state index is 5.24. The average Bonchev–Trinajstić information content (AvgIpc) is 2.65. The second-order valence-corrected chi connectivity index (χ2v) is 3.17. The minimum atomic E-state index is 0.869. The lowest BCUT2D eigenvalue weighted by atomic mass is 10.1. The highest BCUT2D eigenvalue weighted by atomic mass is 16.5. The molecule has 0 aliphatic carbocycles. The van der Waals surface area contributed by atoms with Gasteiger partial charge in [-0.2, -0.15) is 0 Å². The number of methoxy groups -OCH3 is 1. The molecule has 0 bridgehead atoms. The van der Waals surface area contributed by atoms with E-state index >= 15 is 0 Å². The molecule has 2 aromatic rings. The van der Waals surface area contributed by atoms with E-state index in [1.54, 1.807) is 13.4 Å². The van der Waals surface area contributed by atoms with Crippen molar-refractivity contribution in [2.45, 2.75) is 6.92 Å². The SMILES string of the molecule is COc1ccc(-c2coc(C)c2)cc1. The zero-order valence-electron chi connectivity index (χ0n) is 8.28. The summed E-state index contributed by atoms with van der Waals surface area (Å²) < 4.78 is 10.3. The molecule has 14 heavy (non-hydrogen) atoms. The van der Waals surface area contributed by atoms with Gasteiger partial charge in [0.15, 0.2) is 0 Å². The number of rotatable bonds is 2. The predicted molar refractivity (Wildman–Crippen MR) is 55.4 cm³/mol. The Morgan fingerprint density at radius 1 is 1.07 bits per heavy atom. The topological polar surface area (TPSA) is 22.4 Å². The summed E-state index contributed by atoms with van der Waals surface area (Å²) in [6.45, 7) is 1.94. The smallest absolute Gasteiger partial charge is 0.118 e. The molecule has 0 unspecified atom stereocenters. The van der Waals surface area contributed by atoms with Crippen molar-refractivity contribution in [3.05, 3.63) is 42.4 Å². The van der Waals surface area contributed by atoms with Crippen LogP contribution in [-0.4, -0.2) is 7.11 Å². The molecule has 0 N–H and O–H groups in total. The van der Waals surface area contributed by atoms with Gasteiger partial charge < -0.3 is 9.15 Å². The van der Waals surface area contributed by atoms with E-state index in [-0.39, 0.29) is 0 Å². The monoisotopic (exact) mass is 188 g/mol. The molecule has 0 atom stereocenters. The van der Waals surface area contributed by atoms with Gasteiger partial charge in [0.2, 0.25) is 0 Å². The van der Waals surface area contributed by atoms with Gasteiger partial charge in [-0.1, -0.05) is 12.1 Å². The van der Waals surface area contributed by atoms with E-state index in [0.717, 1.165) is 22.6 Å². The number of hydrogen-bond acceptors (Lipinski definition) is 2. The van der Waals surface area contributed by atoms with Crippen LogP contribution in [0.15, 0.2) is 41.0 Å². The summed E-state index contributed by atoms with van der Waals surface area (Å²) in [4.78, 5) is 0. The van der Waals surface area contributed by atoms with E-state index in [4.69, 9.17) is 9.15 Å². The number of benzene rings is 1. The van der Waals surface area contributed by atoms with E-state index in [2.05, 4.69) is 0 Å². The molecular weight excluding hydrogens is 176 g/mol. The Kier molecular flexibility index (Phi) is 2.27. The highest BCUT2D eigenvalue weighted by Gasteiger charge is 2.00. The Labute approximate surface area is 83.1 Å². The molecule has 0 saturated carbocycles. The highest BCUT2D eigenvalue weighted by molar-refractivity contribution is 5.63. The summed E-state index contributed by atoms with van der Waals surface area (Å²) in [6.07, 6.45) is 1.76. The third-order valence-electron chi connectivity index (χ3n) is 2.15. The molecular formula is C12H12O2. The largest absolute Gasteiger partial charge is 0.497 e. The maximum absolute atomic E-state index is 5.24. The van der Waals surface area contributed by atoms with Crippen LogP contribution >= 0.6 is 0 Å². The van der Waals surface area contributed by atoms with Crippen molar-refractivity contribution in [1.82, 2.24) is 0 Å². The van der Waals surface area contributed by atoms with Gasteiger partial charge in [-0.25, -0.2) is 0 Å². The zero-order chi connectivity index (χ0) is 9.97. The first-order valence-electron chi connectivity index (χ1n) is 4.49. The molecule has 0 saturated heterocycles. The van der Waals surface area contributed by atoms with Gasteiger partial charge in [0.05, 0.1) is 13.4 Å². The number of ether oxygens (including phenoxy) is 1. The summed E-state index contributed by atoms with van der Waals surface area (Å²) >= 11 is 0. The lowest BCUT2D eigenvalue weighted by Crippen LogP contribution is -1.81. The molecule has 2 heteroatoms. The normalized spacial score (nSPS) is 10.1. The van der Waals surface area contributed by atoms with Crippen LogP contribution in [0.5, 0.6) is 5.75 Å². The number of hydrogen-bond donors (Lipinski definition) is 0. The van der Waals surface area contributed by atoms with Gasteiger partial charge in [0.1, 0.15) is 11.5 Å². The van der Waals surface area contributed by atoms with Gasteiger partial charge in [-0.05, 0) is 30.7 Å². The molecule has 0 radical (unpaired) electrons. The van der Waals surface area contributed by atoms with E-state index in [0.29, 0.717) is 0 Å². The molecule has 0 fully saturated rings. The summed E-state index contributed by atoms with van der Waals surface area (Å²) in [5.41, 5.74) is 2.24. The van der Waals surface area contributed by atoms with Crippen molar-refractivity contribution in [3.63, 3.8) is 0 Å². The molecule has 1 aromatic carbocycles. The lowest BCUT2D eigenvalue weighted by molar-refractivity contribution is 0.415. The first-order chi connectivity index (χ1) is 6.79. The second-order valence-electron chi connectivity index (χ2n) is 3.17. The molecule has 2 nitrogen and oxygen atoms in total. The molecule has 0 aliphatic heterocycles. The third kappa shape index (κ3) is 1.64. The Hall–Kier alpha value is -1.70. The van der Waals surface area contributed by atoms with E-state index in [9.17, 15) is 0 Å². The maximum Gasteiger partial charge on any atom is 0.118 e. The summed E-state index contributed by atoms with van der Waals surface area (Å²) in [6, 6.07) is 9.93. The first-order valence-corrected chi connectivity index (χ1v) is 4.49. The van der Waals surface area contributed by atoms with Gasteiger partial charge in [0, 0.05) is 5.56 Å². The predicted octanol–water partition coefficient (Wildman–Crippen LogP) is 3.26. The summed E-state index contributed by atoms with van der Waals surface area (Å²) in [5, 5.41) is 0. The van der Waals surface area contributed by atoms with Gasteiger partial charge in [-0.3, -0.25) is 0 Å². The van der Waals surface area contributed by atoms with Crippen LogP contribution in [0.25, 0.3) is 11.1 Å². The summed E-state index contributed by atoms with van der Waals surface area (Å²) in [5.74, 6) is 1.80. The van der Waals surface area contributed by atoms with Crippen LogP contribution in [0.3, 0.4) is 0 Å². The molecule has 1 aromatic heterocycles. The lowest BCUT2D eigenvalue weighted by Gasteiger charge is -2.00. The standard InChI is InChI=1S/C12H12O2/c1-9-7-11(8-14-9)10-3-5-12(13-2)6-4-10/h3-8H,1-2H3. The quantitative estimate of drug-likeness (QED) is 0.721. The van der Waals surface area contributed by atoms with Crippen LogP contribution in [0.2, 0.25) is 0 Å². The van der Waals surface area contributed by atoms with E-state index in [1.807, 2.05) is 37.3 Å². The van der Waals surface area contributed by atoms with Crippen LogP contribution in [0.1, 0.15) is 5.76 Å². The second kappa shape index (κ2) is 3.58. The Morgan fingerprint density at radius 2 is 1.79 bits per heavy atom. The van der Waals surface area contributed by atoms with Crippen LogP contribution < -0.4 is 4.74 Å². The minimum absolute atomic E-state index is 0.869. The van der Waals surface area contributed by atoms with Gasteiger partial charge in [-0.15, -0.1) is 0 Å². The van der Waals surface area contributed by atoms with Crippen LogP contribution in [0.4, 0.5) is 0 Å². The van der Waals surface area contributed by atoms with Gasteiger partial charge in [0.25, 0.3) is 0 Å². The zero-order valence-corrected chi connectivity index (χ0v) is 8.28. The fourth-order valence-electron chi connectivity index (χ4n) is 1.38. The minimum Gasteiger partial charge on any atom is -0.497 e. The fraction of sp³-hybridized carbons (Fsp3) is 0.167. The summed E-state index contributed by atoms with van der Waals surface area (Å²) in [7, 11) is 1.66. The van der Waals surface area contributed by atoms with E-state index in [1.165, 1.54) is 0 Å². The highest BCUT2D eigenvalue weighted by Crippen LogP contribution is 2.23. The Bertz CT molecular complexity index is 412. The first kappa shape index (κ1) is 8.88. The van der Waals surface area contributed by atoms with Crippen molar-refractivity contribution in [2.75, 3.05) is 7.11 Å². The molecule has 1 heterocycles. The molecule has 0 aliphatic rings. The average molecular weight is 188 g/mol. The molecule has 2 rings (SSSR count). The molecule has 0 spiro atoms. The third-order valence-corrected chi connectivity index (χ3v) is 2.15. The van der Waals surface area contributed by atoms with Crippen molar-refractivity contribution in [1.29, 1.82) is 0 Å². The number of furan rings is 1. The molecule has 0 amide bonds. The van der Waals surface area contributed by atoms with E-state index < -0.39 is 0 Å². The van der Waals surface area contributed by atoms with Crippen molar-refractivity contribution < 1.29 is 9.15 Å². The Balaban J connectivity index is 2.33.